The van der Waals surface area contributed by atoms with Crippen LogP contribution in [0.25, 0.3) is 0 Å². The third-order valence-corrected chi connectivity index (χ3v) is 8.45. The van der Waals surface area contributed by atoms with Crippen LogP contribution in [0, 0.1) is 13.8 Å². The zero-order valence-corrected chi connectivity index (χ0v) is 21.9. The molecule has 0 aliphatic carbocycles. The van der Waals surface area contributed by atoms with E-state index in [0.29, 0.717) is 40.5 Å². The fourth-order valence-corrected chi connectivity index (χ4v) is 6.32. The number of rotatable bonds is 4. The van der Waals surface area contributed by atoms with Gasteiger partial charge in [-0.25, -0.2) is 4.79 Å². The lowest BCUT2D eigenvalue weighted by atomic mass is 10.1. The highest BCUT2D eigenvalue weighted by atomic mass is 32.2. The Morgan fingerprint density at radius 2 is 1.79 bits per heavy atom. The van der Waals surface area contributed by atoms with Crippen molar-refractivity contribution in [3.05, 3.63) is 88.5 Å². The van der Waals surface area contributed by atoms with Gasteiger partial charge in [0.2, 0.25) is 0 Å². The van der Waals surface area contributed by atoms with E-state index in [2.05, 4.69) is 5.32 Å². The summed E-state index contributed by atoms with van der Waals surface area (Å²) in [5.41, 5.74) is 3.75. The third kappa shape index (κ3) is 4.36. The molecule has 0 bridgehead atoms. The SMILES string of the molecule is COc1ccc2c(c1)[C@]1(SCCN1C(=O)Nc1ccc(C)c(C)c1)C(=O)N2Cc1ccc(C(F)(F)F)cc1. The molecule has 6 nitrogen and oxygen atoms in total. The highest BCUT2D eigenvalue weighted by molar-refractivity contribution is 8.01. The van der Waals surface area contributed by atoms with E-state index in [1.165, 1.54) is 35.9 Å². The minimum atomic E-state index is -4.44. The summed E-state index contributed by atoms with van der Waals surface area (Å²) >= 11 is 1.36. The van der Waals surface area contributed by atoms with Gasteiger partial charge in [0, 0.05) is 23.5 Å². The summed E-state index contributed by atoms with van der Waals surface area (Å²) in [6.45, 7) is 4.35. The van der Waals surface area contributed by atoms with Gasteiger partial charge in [-0.15, -0.1) is 11.8 Å². The van der Waals surface area contributed by atoms with E-state index in [9.17, 15) is 22.8 Å². The average Bonchev–Trinajstić information content (AvgIpc) is 3.43. The number of urea groups is 1. The monoisotopic (exact) mass is 541 g/mol. The van der Waals surface area contributed by atoms with Crippen LogP contribution in [0.15, 0.2) is 60.7 Å². The van der Waals surface area contributed by atoms with Gasteiger partial charge in [-0.05, 0) is 73.0 Å². The van der Waals surface area contributed by atoms with E-state index in [4.69, 9.17) is 4.74 Å². The molecular weight excluding hydrogens is 515 g/mol. The van der Waals surface area contributed by atoms with Gasteiger partial charge in [0.15, 0.2) is 4.87 Å². The van der Waals surface area contributed by atoms with Crippen molar-refractivity contribution < 1.29 is 27.5 Å². The summed E-state index contributed by atoms with van der Waals surface area (Å²) in [5, 5.41) is 2.93. The molecule has 5 rings (SSSR count). The molecule has 0 radical (unpaired) electrons. The van der Waals surface area contributed by atoms with Crippen molar-refractivity contribution in [2.75, 3.05) is 29.6 Å². The van der Waals surface area contributed by atoms with E-state index in [0.717, 1.165) is 23.3 Å². The molecule has 2 aliphatic rings. The Morgan fingerprint density at radius 1 is 1.05 bits per heavy atom. The quantitative estimate of drug-likeness (QED) is 0.421. The number of carbonyl (C=O) groups is 2. The van der Waals surface area contributed by atoms with Gasteiger partial charge in [-0.1, -0.05) is 18.2 Å². The number of nitrogens with zero attached hydrogens (tertiary/aromatic N) is 2. The molecule has 3 aromatic rings. The van der Waals surface area contributed by atoms with Gasteiger partial charge in [-0.2, -0.15) is 13.2 Å². The molecule has 2 heterocycles. The number of hydrogen-bond donors (Lipinski definition) is 1. The van der Waals surface area contributed by atoms with Crippen molar-refractivity contribution in [3.63, 3.8) is 0 Å². The summed E-state index contributed by atoms with van der Waals surface area (Å²) < 4.78 is 44.6. The summed E-state index contributed by atoms with van der Waals surface area (Å²) in [6, 6.07) is 15.2. The Morgan fingerprint density at radius 3 is 2.45 bits per heavy atom. The number of nitrogens with one attached hydrogen (secondary N) is 1. The van der Waals surface area contributed by atoms with Gasteiger partial charge < -0.3 is 15.0 Å². The van der Waals surface area contributed by atoms with Gasteiger partial charge in [0.25, 0.3) is 5.91 Å². The van der Waals surface area contributed by atoms with Crippen LogP contribution in [0.2, 0.25) is 0 Å². The van der Waals surface area contributed by atoms with Crippen molar-refractivity contribution in [3.8, 4) is 5.75 Å². The van der Waals surface area contributed by atoms with Crippen molar-refractivity contribution >= 4 is 35.1 Å². The minimum Gasteiger partial charge on any atom is -0.497 e. The molecule has 10 heteroatoms. The smallest absolute Gasteiger partial charge is 0.416 e. The second-order valence-electron chi connectivity index (χ2n) is 9.34. The molecule has 198 valence electrons. The lowest BCUT2D eigenvalue weighted by Crippen LogP contribution is -2.51. The summed E-state index contributed by atoms with van der Waals surface area (Å²) in [4.78, 5) is 29.5. The average molecular weight is 542 g/mol. The third-order valence-electron chi connectivity index (χ3n) is 7.03. The van der Waals surface area contributed by atoms with Crippen molar-refractivity contribution in [2.24, 2.45) is 0 Å². The van der Waals surface area contributed by atoms with Gasteiger partial charge in [0.1, 0.15) is 5.75 Å². The van der Waals surface area contributed by atoms with Crippen molar-refractivity contribution in [1.29, 1.82) is 0 Å². The Bertz CT molecular complexity index is 1410. The highest BCUT2D eigenvalue weighted by Gasteiger charge is 2.59. The zero-order valence-electron chi connectivity index (χ0n) is 21.1. The van der Waals surface area contributed by atoms with Crippen LogP contribution in [-0.2, 0) is 22.4 Å². The van der Waals surface area contributed by atoms with Crippen LogP contribution in [-0.4, -0.2) is 36.2 Å². The highest BCUT2D eigenvalue weighted by Crippen LogP contribution is 2.55. The molecule has 3 aromatic carbocycles. The standard InChI is InChI=1S/C28H26F3N3O3S/c1-17-4-9-21(14-18(17)2)32-26(36)34-12-13-38-27(34)23-15-22(37-3)10-11-24(23)33(25(27)35)16-19-5-7-20(8-6-19)28(29,30)31/h4-11,14-15H,12-13,16H2,1-3H3,(H,32,36)/t27-/m0/s1. The molecule has 38 heavy (non-hydrogen) atoms. The summed E-state index contributed by atoms with van der Waals surface area (Å²) in [7, 11) is 1.52. The summed E-state index contributed by atoms with van der Waals surface area (Å²) in [6.07, 6.45) is -4.44. The number of thioether (sulfide) groups is 1. The first kappa shape index (κ1) is 26.0. The molecular formula is C28H26F3N3O3S. The van der Waals surface area contributed by atoms with E-state index >= 15 is 0 Å². The molecule has 1 saturated heterocycles. The fourth-order valence-electron chi connectivity index (χ4n) is 4.87. The number of hydrogen-bond acceptors (Lipinski definition) is 4. The fraction of sp³-hybridized carbons (Fsp3) is 0.286. The Balaban J connectivity index is 1.50. The topological polar surface area (TPSA) is 61.9 Å². The predicted molar refractivity (Wildman–Crippen MR) is 141 cm³/mol. The second kappa shape index (κ2) is 9.58. The molecule has 0 saturated carbocycles. The number of carbonyl (C=O) groups excluding carboxylic acids is 2. The van der Waals surface area contributed by atoms with Gasteiger partial charge >= 0.3 is 12.2 Å². The Hall–Kier alpha value is -3.66. The van der Waals surface area contributed by atoms with Crippen molar-refractivity contribution in [2.45, 2.75) is 31.4 Å². The molecule has 1 fully saturated rings. The van der Waals surface area contributed by atoms with Crippen LogP contribution in [0.4, 0.5) is 29.3 Å². The molecule has 3 amide bonds. The number of ether oxygens (including phenoxy) is 1. The molecule has 1 spiro atoms. The van der Waals surface area contributed by atoms with Crippen LogP contribution in [0.5, 0.6) is 5.75 Å². The first-order valence-corrected chi connectivity index (χ1v) is 13.0. The lowest BCUT2D eigenvalue weighted by Gasteiger charge is -2.33. The number of amides is 3. The van der Waals surface area contributed by atoms with Crippen LogP contribution >= 0.6 is 11.8 Å². The number of alkyl halides is 3. The zero-order chi connectivity index (χ0) is 27.2. The number of aryl methyl sites for hydroxylation is 2. The maximum atomic E-state index is 14.1. The number of fused-ring (bicyclic) bond motifs is 2. The summed E-state index contributed by atoms with van der Waals surface area (Å²) in [5.74, 6) is 0.754. The van der Waals surface area contributed by atoms with Gasteiger partial charge in [0.05, 0.1) is 24.9 Å². The van der Waals surface area contributed by atoms with E-state index in [-0.39, 0.29) is 12.5 Å². The maximum absolute atomic E-state index is 14.1. The van der Waals surface area contributed by atoms with Crippen LogP contribution in [0.1, 0.15) is 27.8 Å². The minimum absolute atomic E-state index is 0.0607. The Labute approximate surface area is 222 Å². The molecule has 0 unspecified atom stereocenters. The normalized spacial score (nSPS) is 18.7. The first-order chi connectivity index (χ1) is 18.0. The lowest BCUT2D eigenvalue weighted by molar-refractivity contribution is -0.137. The molecule has 1 atom stereocenters. The van der Waals surface area contributed by atoms with Crippen LogP contribution in [0.3, 0.4) is 0 Å². The number of benzene rings is 3. The Kier molecular flexibility index (Phi) is 6.54. The number of methoxy groups -OCH3 is 1. The van der Waals surface area contributed by atoms with E-state index in [1.54, 1.807) is 23.1 Å². The van der Waals surface area contributed by atoms with E-state index < -0.39 is 22.6 Å². The molecule has 0 aromatic heterocycles. The van der Waals surface area contributed by atoms with E-state index in [1.807, 2.05) is 32.0 Å². The van der Waals surface area contributed by atoms with Gasteiger partial charge in [-0.3, -0.25) is 9.69 Å². The number of halogens is 3. The maximum Gasteiger partial charge on any atom is 0.416 e. The molecule has 1 N–H and O–H groups in total. The largest absolute Gasteiger partial charge is 0.497 e. The first-order valence-electron chi connectivity index (χ1n) is 12.0. The molecule has 2 aliphatic heterocycles. The predicted octanol–water partition coefficient (Wildman–Crippen LogP) is 6.31. The number of anilines is 2. The van der Waals surface area contributed by atoms with Crippen LogP contribution < -0.4 is 15.0 Å². The second-order valence-corrected chi connectivity index (χ2v) is 10.6. The van der Waals surface area contributed by atoms with Crippen molar-refractivity contribution in [1.82, 2.24) is 4.90 Å².